The molecule has 2 heterocycles. The topological polar surface area (TPSA) is 143 Å². The summed E-state index contributed by atoms with van der Waals surface area (Å²) in [5, 5.41) is 10.2. The number of aromatic nitrogens is 2. The Balaban J connectivity index is 1.68. The Morgan fingerprint density at radius 3 is 1.91 bits per heavy atom. The number of halogens is 1. The molecule has 12 heteroatoms. The van der Waals surface area contributed by atoms with Gasteiger partial charge in [0, 0.05) is 17.8 Å². The molecule has 0 spiro atoms. The first-order chi connectivity index (χ1) is 21.1. The summed E-state index contributed by atoms with van der Waals surface area (Å²) in [5.74, 6) is -6.40. The van der Waals surface area contributed by atoms with Crippen molar-refractivity contribution >= 4 is 17.8 Å². The number of aliphatic hydroxyl groups excluding tert-OH is 1. The van der Waals surface area contributed by atoms with Crippen molar-refractivity contribution in [1.29, 1.82) is 0 Å². The molecule has 1 aliphatic rings. The Bertz CT molecular complexity index is 1830. The molecule has 0 saturated carbocycles. The van der Waals surface area contributed by atoms with Crippen molar-refractivity contribution in [3.05, 3.63) is 153 Å². The van der Waals surface area contributed by atoms with Crippen LogP contribution in [0, 0.1) is 0 Å². The molecule has 1 saturated heterocycles. The third kappa shape index (κ3) is 5.27. The van der Waals surface area contributed by atoms with Crippen LogP contribution in [0.25, 0.3) is 0 Å². The quantitative estimate of drug-likeness (QED) is 0.239. The molecule has 224 valence electrons. The predicted octanol–water partition coefficient (Wildman–Crippen LogP) is 2.89. The summed E-state index contributed by atoms with van der Waals surface area (Å²) in [6.07, 6.45) is -2.47. The van der Waals surface area contributed by atoms with Gasteiger partial charge in [0.1, 0.15) is 6.61 Å². The summed E-state index contributed by atoms with van der Waals surface area (Å²) in [7, 11) is 0. The zero-order chi connectivity index (χ0) is 31.5. The van der Waals surface area contributed by atoms with Crippen LogP contribution in [0.1, 0.15) is 37.3 Å². The van der Waals surface area contributed by atoms with Crippen molar-refractivity contribution in [3.8, 4) is 0 Å². The van der Waals surface area contributed by atoms with E-state index >= 15 is 4.39 Å². The molecule has 4 aromatic rings. The predicted molar refractivity (Wildman–Crippen MR) is 153 cm³/mol. The van der Waals surface area contributed by atoms with E-state index in [0.717, 1.165) is 18.3 Å². The smallest absolute Gasteiger partial charge is 0.340 e. The highest BCUT2D eigenvalue weighted by molar-refractivity contribution is 5.95. The SMILES string of the molecule is C=C[C@]1(OC(=O)c2ccccc2)[C@H](n2ccc(=O)n(C(=O)c3ccccc3)c2=O)O[C@](F)(CO)[C@H]1OC(=O)c1ccccc1. The van der Waals surface area contributed by atoms with Crippen molar-refractivity contribution < 1.29 is 38.1 Å². The van der Waals surface area contributed by atoms with Gasteiger partial charge in [-0.3, -0.25) is 14.2 Å². The largest absolute Gasteiger partial charge is 0.448 e. The van der Waals surface area contributed by atoms with E-state index in [2.05, 4.69) is 6.58 Å². The second-order valence-electron chi connectivity index (χ2n) is 9.73. The van der Waals surface area contributed by atoms with Crippen molar-refractivity contribution in [2.45, 2.75) is 23.8 Å². The number of carbonyl (C=O) groups is 3. The average molecular weight is 601 g/mol. The summed E-state index contributed by atoms with van der Waals surface area (Å²) in [5.41, 5.74) is -4.86. The molecule has 0 radical (unpaired) electrons. The molecule has 11 nitrogen and oxygen atoms in total. The molecule has 1 aliphatic heterocycles. The average Bonchev–Trinajstić information content (AvgIpc) is 3.29. The van der Waals surface area contributed by atoms with Crippen LogP contribution in [0.3, 0.4) is 0 Å². The van der Waals surface area contributed by atoms with Gasteiger partial charge in [-0.15, -0.1) is 0 Å². The van der Waals surface area contributed by atoms with E-state index in [9.17, 15) is 29.1 Å². The molecule has 4 atom stereocenters. The van der Waals surface area contributed by atoms with Gasteiger partial charge in [0.05, 0.1) is 11.1 Å². The molecular weight excluding hydrogens is 575 g/mol. The Hall–Kier alpha value is -5.46. The number of nitrogens with zero attached hydrogens (tertiary/aromatic N) is 2. The number of ether oxygens (including phenoxy) is 3. The monoisotopic (exact) mass is 600 g/mol. The normalized spacial score (nSPS) is 22.6. The lowest BCUT2D eigenvalue weighted by molar-refractivity contribution is -0.207. The first-order valence-corrected chi connectivity index (χ1v) is 13.2. The van der Waals surface area contributed by atoms with Crippen LogP contribution in [-0.2, 0) is 14.2 Å². The summed E-state index contributed by atoms with van der Waals surface area (Å²) < 4.78 is 34.3. The number of esters is 2. The van der Waals surface area contributed by atoms with Crippen LogP contribution in [0.5, 0.6) is 0 Å². The van der Waals surface area contributed by atoms with Crippen LogP contribution in [-0.4, -0.2) is 56.3 Å². The third-order valence-corrected chi connectivity index (χ3v) is 7.03. The minimum Gasteiger partial charge on any atom is -0.448 e. The number of carbonyl (C=O) groups excluding carboxylic acids is 3. The summed E-state index contributed by atoms with van der Waals surface area (Å²) in [6.45, 7) is 2.25. The lowest BCUT2D eigenvalue weighted by Crippen LogP contribution is -2.55. The Labute approximate surface area is 249 Å². The molecule has 0 unspecified atom stereocenters. The number of benzene rings is 3. The fourth-order valence-corrected chi connectivity index (χ4v) is 4.84. The van der Waals surface area contributed by atoms with Crippen LogP contribution in [0.15, 0.2) is 126 Å². The van der Waals surface area contributed by atoms with E-state index in [1.807, 2.05) is 0 Å². The number of rotatable bonds is 8. The molecule has 3 aromatic carbocycles. The molecule has 0 aliphatic carbocycles. The maximum Gasteiger partial charge on any atom is 0.340 e. The number of hydrogen-bond donors (Lipinski definition) is 1. The van der Waals surface area contributed by atoms with Crippen molar-refractivity contribution in [1.82, 2.24) is 9.13 Å². The second-order valence-corrected chi connectivity index (χ2v) is 9.73. The fourth-order valence-electron chi connectivity index (χ4n) is 4.84. The van der Waals surface area contributed by atoms with Gasteiger partial charge in [-0.05, 0) is 42.5 Å². The molecule has 0 amide bonds. The first-order valence-electron chi connectivity index (χ1n) is 13.2. The number of aliphatic hydroxyl groups is 1. The van der Waals surface area contributed by atoms with Crippen LogP contribution < -0.4 is 11.2 Å². The van der Waals surface area contributed by atoms with Gasteiger partial charge in [-0.25, -0.2) is 18.8 Å². The lowest BCUT2D eigenvalue weighted by atomic mass is 9.91. The van der Waals surface area contributed by atoms with E-state index in [-0.39, 0.29) is 21.3 Å². The highest BCUT2D eigenvalue weighted by Gasteiger charge is 2.69. The second kappa shape index (κ2) is 12.0. The summed E-state index contributed by atoms with van der Waals surface area (Å²) in [4.78, 5) is 66.3. The molecule has 1 fully saturated rings. The first kappa shape index (κ1) is 30.0. The van der Waals surface area contributed by atoms with E-state index < -0.39 is 59.5 Å². The Kier molecular flexibility index (Phi) is 8.21. The summed E-state index contributed by atoms with van der Waals surface area (Å²) in [6, 6.07) is 23.2. The minimum absolute atomic E-state index is 0.00228. The van der Waals surface area contributed by atoms with Gasteiger partial charge in [0.15, 0.2) is 6.23 Å². The highest BCUT2D eigenvalue weighted by atomic mass is 19.2. The van der Waals surface area contributed by atoms with Crippen molar-refractivity contribution in [3.63, 3.8) is 0 Å². The van der Waals surface area contributed by atoms with Gasteiger partial charge in [0.25, 0.3) is 17.3 Å². The highest BCUT2D eigenvalue weighted by Crippen LogP contribution is 2.50. The summed E-state index contributed by atoms with van der Waals surface area (Å²) >= 11 is 0. The lowest BCUT2D eigenvalue weighted by Gasteiger charge is -2.35. The third-order valence-electron chi connectivity index (χ3n) is 7.03. The van der Waals surface area contributed by atoms with Gasteiger partial charge in [-0.2, -0.15) is 4.57 Å². The van der Waals surface area contributed by atoms with Crippen molar-refractivity contribution in [2.75, 3.05) is 6.61 Å². The number of hydrogen-bond acceptors (Lipinski definition) is 9. The van der Waals surface area contributed by atoms with Gasteiger partial charge < -0.3 is 19.3 Å². The Morgan fingerprint density at radius 1 is 0.864 bits per heavy atom. The van der Waals surface area contributed by atoms with Crippen LogP contribution >= 0.6 is 0 Å². The van der Waals surface area contributed by atoms with E-state index in [4.69, 9.17) is 14.2 Å². The van der Waals surface area contributed by atoms with Gasteiger partial charge >= 0.3 is 17.6 Å². The van der Waals surface area contributed by atoms with E-state index in [1.54, 1.807) is 18.2 Å². The molecule has 0 bridgehead atoms. The minimum atomic E-state index is -3.27. The fraction of sp³-hybridized carbons (Fsp3) is 0.156. The van der Waals surface area contributed by atoms with Crippen LogP contribution in [0.4, 0.5) is 4.39 Å². The number of alkyl halides is 1. The Morgan fingerprint density at radius 2 is 1.39 bits per heavy atom. The molecule has 44 heavy (non-hydrogen) atoms. The zero-order valence-corrected chi connectivity index (χ0v) is 22.9. The van der Waals surface area contributed by atoms with Gasteiger partial charge in [0.2, 0.25) is 11.7 Å². The van der Waals surface area contributed by atoms with Gasteiger partial charge in [-0.1, -0.05) is 61.2 Å². The zero-order valence-electron chi connectivity index (χ0n) is 22.9. The standard InChI is InChI=1S/C32H25FN2O9/c1-2-31(43-27(40)23-16-10-5-11-17-23)28(42-26(39)22-14-8-4-9-15-22)32(33,20-36)44-29(31)34-19-18-24(37)35(30(34)41)25(38)21-12-6-3-7-13-21/h2-19,28-29,36H,1,20H2/t28-,29+,31+,32+/m0/s1. The molecular formula is C32H25FN2O9. The van der Waals surface area contributed by atoms with Crippen LogP contribution in [0.2, 0.25) is 0 Å². The van der Waals surface area contributed by atoms with Crippen molar-refractivity contribution in [2.24, 2.45) is 0 Å². The maximum atomic E-state index is 16.5. The molecule has 5 rings (SSSR count). The maximum absolute atomic E-state index is 16.5. The molecule has 1 N–H and O–H groups in total. The molecule has 1 aromatic heterocycles. The van der Waals surface area contributed by atoms with E-state index in [1.165, 1.54) is 72.8 Å². The van der Waals surface area contributed by atoms with E-state index in [0.29, 0.717) is 4.57 Å².